The van der Waals surface area contributed by atoms with Crippen molar-refractivity contribution in [3.05, 3.63) is 0 Å². The Balaban J connectivity index is 2.02. The highest BCUT2D eigenvalue weighted by atomic mass is 32.2. The number of nitrogens with two attached hydrogens (primary N) is 2. The summed E-state index contributed by atoms with van der Waals surface area (Å²) in [5.74, 6) is 0.585. The van der Waals surface area contributed by atoms with Gasteiger partial charge in [0.05, 0.1) is 6.04 Å². The fraction of sp³-hybridized carbons (Fsp3) is 0.889. The van der Waals surface area contributed by atoms with E-state index in [0.717, 1.165) is 17.4 Å². The van der Waals surface area contributed by atoms with Gasteiger partial charge in [-0.2, -0.15) is 11.8 Å². The summed E-state index contributed by atoms with van der Waals surface area (Å²) in [5, 5.41) is 0.806. The summed E-state index contributed by atoms with van der Waals surface area (Å²) in [6.45, 7) is 0. The van der Waals surface area contributed by atoms with Crippen molar-refractivity contribution in [3.63, 3.8) is 0 Å². The Hall–Kier alpha value is -0.220. The quantitative estimate of drug-likeness (QED) is 0.695. The zero-order valence-corrected chi connectivity index (χ0v) is 8.69. The average molecular weight is 202 g/mol. The summed E-state index contributed by atoms with van der Waals surface area (Å²) >= 11 is 1.94. The topological polar surface area (TPSA) is 69.1 Å². The van der Waals surface area contributed by atoms with E-state index in [1.165, 1.54) is 25.7 Å². The van der Waals surface area contributed by atoms with Crippen molar-refractivity contribution in [2.24, 2.45) is 11.5 Å². The minimum atomic E-state index is -0.450. The van der Waals surface area contributed by atoms with Gasteiger partial charge in [0, 0.05) is 5.25 Å². The molecule has 4 N–H and O–H groups in total. The third-order valence-corrected chi connectivity index (χ3v) is 3.86. The van der Waals surface area contributed by atoms with Crippen LogP contribution in [0.2, 0.25) is 0 Å². The molecular formula is C9H18N2OS. The summed E-state index contributed by atoms with van der Waals surface area (Å²) in [7, 11) is 0. The SMILES string of the molecule is NC(=O)C(N)CCSC1CCCC1. The van der Waals surface area contributed by atoms with E-state index in [9.17, 15) is 4.79 Å². The number of carbonyl (C=O) groups excluding carboxylic acids is 1. The second-order valence-electron chi connectivity index (χ2n) is 3.57. The third kappa shape index (κ3) is 4.00. The van der Waals surface area contributed by atoms with E-state index < -0.39 is 6.04 Å². The van der Waals surface area contributed by atoms with Crippen LogP contribution in [0.5, 0.6) is 0 Å². The molecule has 1 aliphatic carbocycles. The lowest BCUT2D eigenvalue weighted by Gasteiger charge is -2.10. The lowest BCUT2D eigenvalue weighted by molar-refractivity contribution is -0.119. The highest BCUT2D eigenvalue weighted by Crippen LogP contribution is 2.29. The van der Waals surface area contributed by atoms with Crippen molar-refractivity contribution in [2.45, 2.75) is 43.4 Å². The lowest BCUT2D eigenvalue weighted by atomic mass is 10.2. The molecular weight excluding hydrogens is 184 g/mol. The Kier molecular flexibility index (Phi) is 4.59. The molecule has 0 aromatic rings. The van der Waals surface area contributed by atoms with Crippen LogP contribution in [0.3, 0.4) is 0 Å². The Labute approximate surface area is 83.6 Å². The van der Waals surface area contributed by atoms with Gasteiger partial charge in [0.15, 0.2) is 0 Å². The smallest absolute Gasteiger partial charge is 0.234 e. The molecule has 1 aliphatic rings. The standard InChI is InChI=1S/C9H18N2OS/c10-8(9(11)12)5-6-13-7-3-1-2-4-7/h7-8H,1-6,10H2,(H2,11,12). The fourth-order valence-corrected chi connectivity index (χ4v) is 2.95. The molecule has 1 rings (SSSR count). The molecule has 1 amide bonds. The first-order valence-corrected chi connectivity index (χ1v) is 5.91. The van der Waals surface area contributed by atoms with Crippen LogP contribution in [0.25, 0.3) is 0 Å². The predicted octanol–water partition coefficient (Wildman–Crippen LogP) is 0.865. The number of amides is 1. The highest BCUT2D eigenvalue weighted by Gasteiger charge is 2.16. The van der Waals surface area contributed by atoms with Crippen molar-refractivity contribution in [1.29, 1.82) is 0 Å². The second-order valence-corrected chi connectivity index (χ2v) is 4.98. The van der Waals surface area contributed by atoms with Gasteiger partial charge in [0.1, 0.15) is 0 Å². The average Bonchev–Trinajstić information content (AvgIpc) is 2.56. The molecule has 0 bridgehead atoms. The van der Waals surface area contributed by atoms with E-state index in [1.54, 1.807) is 0 Å². The van der Waals surface area contributed by atoms with Crippen LogP contribution in [0.1, 0.15) is 32.1 Å². The van der Waals surface area contributed by atoms with Crippen molar-refractivity contribution in [3.8, 4) is 0 Å². The Morgan fingerprint density at radius 3 is 2.62 bits per heavy atom. The normalized spacial score (nSPS) is 20.4. The number of rotatable bonds is 5. The van der Waals surface area contributed by atoms with Crippen LogP contribution in [-0.2, 0) is 4.79 Å². The van der Waals surface area contributed by atoms with Gasteiger partial charge in [-0.25, -0.2) is 0 Å². The molecule has 0 aromatic heterocycles. The maximum atomic E-state index is 10.6. The lowest BCUT2D eigenvalue weighted by Crippen LogP contribution is -2.36. The van der Waals surface area contributed by atoms with E-state index >= 15 is 0 Å². The highest BCUT2D eigenvalue weighted by molar-refractivity contribution is 7.99. The Morgan fingerprint density at radius 2 is 2.08 bits per heavy atom. The van der Waals surface area contributed by atoms with E-state index in [4.69, 9.17) is 11.5 Å². The summed E-state index contributed by atoms with van der Waals surface area (Å²) in [6, 6.07) is -0.450. The maximum absolute atomic E-state index is 10.6. The largest absolute Gasteiger partial charge is 0.368 e. The zero-order chi connectivity index (χ0) is 9.68. The molecule has 1 saturated carbocycles. The number of carbonyl (C=O) groups is 1. The van der Waals surface area contributed by atoms with Crippen LogP contribution in [0.4, 0.5) is 0 Å². The molecule has 0 spiro atoms. The summed E-state index contributed by atoms with van der Waals surface area (Å²) in [6.07, 6.45) is 6.10. The van der Waals surface area contributed by atoms with Crippen LogP contribution in [0.15, 0.2) is 0 Å². The van der Waals surface area contributed by atoms with Crippen LogP contribution >= 0.6 is 11.8 Å². The Bertz CT molecular complexity index is 169. The molecule has 0 heterocycles. The van der Waals surface area contributed by atoms with E-state index in [2.05, 4.69) is 0 Å². The summed E-state index contributed by atoms with van der Waals surface area (Å²) in [5.41, 5.74) is 10.6. The Morgan fingerprint density at radius 1 is 1.46 bits per heavy atom. The van der Waals surface area contributed by atoms with Crippen molar-refractivity contribution < 1.29 is 4.79 Å². The number of thioether (sulfide) groups is 1. The van der Waals surface area contributed by atoms with Crippen molar-refractivity contribution >= 4 is 17.7 Å². The van der Waals surface area contributed by atoms with Crippen molar-refractivity contribution in [2.75, 3.05) is 5.75 Å². The molecule has 1 fully saturated rings. The van der Waals surface area contributed by atoms with Gasteiger partial charge in [-0.15, -0.1) is 0 Å². The second kappa shape index (κ2) is 5.50. The third-order valence-electron chi connectivity index (χ3n) is 2.45. The van der Waals surface area contributed by atoms with Gasteiger partial charge in [-0.05, 0) is 25.0 Å². The van der Waals surface area contributed by atoms with Gasteiger partial charge in [-0.1, -0.05) is 12.8 Å². The summed E-state index contributed by atoms with van der Waals surface area (Å²) < 4.78 is 0. The van der Waals surface area contributed by atoms with E-state index in [-0.39, 0.29) is 5.91 Å². The molecule has 1 atom stereocenters. The van der Waals surface area contributed by atoms with Gasteiger partial charge in [0.25, 0.3) is 0 Å². The number of primary amides is 1. The van der Waals surface area contributed by atoms with Gasteiger partial charge in [0.2, 0.25) is 5.91 Å². The molecule has 3 nitrogen and oxygen atoms in total. The minimum absolute atomic E-state index is 0.382. The molecule has 13 heavy (non-hydrogen) atoms. The predicted molar refractivity (Wildman–Crippen MR) is 56.5 cm³/mol. The van der Waals surface area contributed by atoms with Gasteiger partial charge < -0.3 is 11.5 Å². The number of hydrogen-bond donors (Lipinski definition) is 2. The molecule has 76 valence electrons. The number of hydrogen-bond acceptors (Lipinski definition) is 3. The van der Waals surface area contributed by atoms with Crippen LogP contribution in [-0.4, -0.2) is 23.0 Å². The fourth-order valence-electron chi connectivity index (χ4n) is 1.56. The van der Waals surface area contributed by atoms with Gasteiger partial charge >= 0.3 is 0 Å². The molecule has 0 aliphatic heterocycles. The maximum Gasteiger partial charge on any atom is 0.234 e. The van der Waals surface area contributed by atoms with Crippen LogP contribution in [0, 0.1) is 0 Å². The van der Waals surface area contributed by atoms with E-state index in [0.29, 0.717) is 0 Å². The first kappa shape index (κ1) is 10.9. The molecule has 0 aromatic carbocycles. The first-order valence-electron chi connectivity index (χ1n) is 4.86. The monoisotopic (exact) mass is 202 g/mol. The van der Waals surface area contributed by atoms with Crippen molar-refractivity contribution in [1.82, 2.24) is 0 Å². The van der Waals surface area contributed by atoms with E-state index in [1.807, 2.05) is 11.8 Å². The molecule has 0 saturated heterocycles. The molecule has 0 radical (unpaired) electrons. The van der Waals surface area contributed by atoms with Gasteiger partial charge in [-0.3, -0.25) is 4.79 Å². The summed E-state index contributed by atoms with van der Waals surface area (Å²) in [4.78, 5) is 10.6. The first-order chi connectivity index (χ1) is 6.20. The molecule has 4 heteroatoms. The van der Waals surface area contributed by atoms with Crippen LogP contribution < -0.4 is 11.5 Å². The molecule has 1 unspecified atom stereocenters. The minimum Gasteiger partial charge on any atom is -0.368 e. The zero-order valence-electron chi connectivity index (χ0n) is 7.87.